The predicted octanol–water partition coefficient (Wildman–Crippen LogP) is 8.07. The fraction of sp³-hybridized carbons (Fsp3) is 1.00. The van der Waals surface area contributed by atoms with Crippen molar-refractivity contribution in [3.8, 4) is 0 Å². The molecular formula is C18H40Cl2OSi2. The Hall–Kier alpha value is 0.974. The number of hydrogen-bond donors (Lipinski definition) is 0. The highest BCUT2D eigenvalue weighted by molar-refractivity contribution is 7.44. The van der Waals surface area contributed by atoms with Gasteiger partial charge in [-0.3, -0.25) is 0 Å². The average molecular weight is 400 g/mol. The van der Waals surface area contributed by atoms with Crippen LogP contribution in [0.15, 0.2) is 0 Å². The van der Waals surface area contributed by atoms with Gasteiger partial charge in [-0.1, -0.05) is 73.6 Å². The molecule has 0 aliphatic heterocycles. The molecule has 0 N–H and O–H groups in total. The predicted molar refractivity (Wildman–Crippen MR) is 113 cm³/mol. The van der Waals surface area contributed by atoms with E-state index in [1.165, 1.54) is 38.5 Å². The summed E-state index contributed by atoms with van der Waals surface area (Å²) in [6.07, 6.45) is 7.57. The lowest BCUT2D eigenvalue weighted by Gasteiger charge is -2.42. The smallest absolute Gasteiger partial charge is 0.248 e. The van der Waals surface area contributed by atoms with Crippen LogP contribution in [0.3, 0.4) is 0 Å². The van der Waals surface area contributed by atoms with Crippen molar-refractivity contribution in [1.29, 1.82) is 0 Å². The third kappa shape index (κ3) is 9.29. The van der Waals surface area contributed by atoms with Gasteiger partial charge in [0.05, 0.1) is 0 Å². The first-order valence-electron chi connectivity index (χ1n) is 9.55. The first-order chi connectivity index (χ1) is 10.5. The monoisotopic (exact) mass is 398 g/mol. The molecule has 5 heteroatoms. The summed E-state index contributed by atoms with van der Waals surface area (Å²) in [5.74, 6) is 0. The van der Waals surface area contributed by atoms with Gasteiger partial charge in [-0.25, -0.2) is 0 Å². The van der Waals surface area contributed by atoms with Crippen LogP contribution in [0.25, 0.3) is 0 Å². The zero-order chi connectivity index (χ0) is 18.1. The first kappa shape index (κ1) is 24.0. The molecule has 0 aromatic heterocycles. The van der Waals surface area contributed by atoms with Gasteiger partial charge in [0.25, 0.3) is 0 Å². The molecule has 0 fully saturated rings. The van der Waals surface area contributed by atoms with Gasteiger partial charge < -0.3 is 4.43 Å². The van der Waals surface area contributed by atoms with E-state index in [1.807, 2.05) is 6.55 Å². The quantitative estimate of drug-likeness (QED) is 0.173. The van der Waals surface area contributed by atoms with Crippen molar-refractivity contribution in [1.82, 2.24) is 0 Å². The van der Waals surface area contributed by atoms with Crippen LogP contribution >= 0.6 is 22.2 Å². The molecule has 23 heavy (non-hydrogen) atoms. The SMILES string of the molecule is CC(C)[Si](OCCCCCCCC[Si](C)(Cl)Cl)(C(C)C)C(C)C. The van der Waals surface area contributed by atoms with Gasteiger partial charge in [0, 0.05) is 6.61 Å². The molecule has 0 aliphatic carbocycles. The van der Waals surface area contributed by atoms with Crippen molar-refractivity contribution in [2.75, 3.05) is 6.61 Å². The van der Waals surface area contributed by atoms with Gasteiger partial charge in [-0.15, -0.1) is 22.2 Å². The molecule has 0 amide bonds. The van der Waals surface area contributed by atoms with Gasteiger partial charge in [0.2, 0.25) is 6.69 Å². The van der Waals surface area contributed by atoms with E-state index in [-0.39, 0.29) is 0 Å². The molecule has 0 unspecified atom stereocenters. The third-order valence-electron chi connectivity index (χ3n) is 5.07. The van der Waals surface area contributed by atoms with Crippen molar-refractivity contribution < 1.29 is 4.43 Å². The fourth-order valence-corrected chi connectivity index (χ4v) is 11.2. The molecular weight excluding hydrogens is 359 g/mol. The lowest BCUT2D eigenvalue weighted by Crippen LogP contribution is -2.47. The van der Waals surface area contributed by atoms with Crippen molar-refractivity contribution in [2.24, 2.45) is 0 Å². The molecule has 0 aromatic rings. The molecule has 0 rings (SSSR count). The number of hydrogen-bond acceptors (Lipinski definition) is 1. The number of rotatable bonds is 13. The van der Waals surface area contributed by atoms with Crippen LogP contribution in [0.4, 0.5) is 0 Å². The van der Waals surface area contributed by atoms with Gasteiger partial charge in [0.15, 0.2) is 8.32 Å². The van der Waals surface area contributed by atoms with E-state index in [9.17, 15) is 0 Å². The van der Waals surface area contributed by atoms with Crippen LogP contribution in [0.2, 0.25) is 29.2 Å². The van der Waals surface area contributed by atoms with Crippen LogP contribution < -0.4 is 0 Å². The highest BCUT2D eigenvalue weighted by Gasteiger charge is 2.44. The summed E-state index contributed by atoms with van der Waals surface area (Å²) >= 11 is 12.3. The molecule has 0 radical (unpaired) electrons. The van der Waals surface area contributed by atoms with E-state index < -0.39 is 15.0 Å². The third-order valence-corrected chi connectivity index (χ3v) is 13.6. The number of halogens is 2. The lowest BCUT2D eigenvalue weighted by atomic mass is 10.1. The van der Waals surface area contributed by atoms with E-state index in [1.54, 1.807) is 0 Å². The van der Waals surface area contributed by atoms with Crippen LogP contribution in [-0.4, -0.2) is 21.6 Å². The van der Waals surface area contributed by atoms with Gasteiger partial charge >= 0.3 is 0 Å². The second-order valence-electron chi connectivity index (χ2n) is 8.11. The Morgan fingerprint density at radius 3 is 1.48 bits per heavy atom. The minimum Gasteiger partial charge on any atom is -0.416 e. The lowest BCUT2D eigenvalue weighted by molar-refractivity contribution is 0.267. The molecule has 0 saturated carbocycles. The molecule has 0 bridgehead atoms. The maximum atomic E-state index is 6.60. The van der Waals surface area contributed by atoms with Crippen LogP contribution in [-0.2, 0) is 4.43 Å². The Morgan fingerprint density at radius 2 is 1.09 bits per heavy atom. The summed E-state index contributed by atoms with van der Waals surface area (Å²) in [6.45, 7) is 15.3. The standard InChI is InChI=1S/C18H40Cl2OSi2/c1-16(2)23(17(3)4,18(5)6)21-14-12-10-8-9-11-13-15-22(7,19)20/h16-18H,8-15H2,1-7H3. The van der Waals surface area contributed by atoms with Crippen LogP contribution in [0.1, 0.15) is 80.1 Å². The topological polar surface area (TPSA) is 9.23 Å². The van der Waals surface area contributed by atoms with Gasteiger partial charge in [-0.2, -0.15) is 0 Å². The minimum absolute atomic E-state index is 0.687. The van der Waals surface area contributed by atoms with Crippen molar-refractivity contribution in [3.63, 3.8) is 0 Å². The first-order valence-corrected chi connectivity index (χ1v) is 16.4. The minimum atomic E-state index is -1.86. The fourth-order valence-electron chi connectivity index (χ4n) is 3.99. The molecule has 0 heterocycles. The summed E-state index contributed by atoms with van der Waals surface area (Å²) in [5, 5.41) is 0. The summed E-state index contributed by atoms with van der Waals surface area (Å²) < 4.78 is 6.60. The Morgan fingerprint density at radius 1 is 0.696 bits per heavy atom. The summed E-state index contributed by atoms with van der Waals surface area (Å²) in [4.78, 5) is 0. The second kappa shape index (κ2) is 11.6. The van der Waals surface area contributed by atoms with E-state index in [4.69, 9.17) is 26.6 Å². The van der Waals surface area contributed by atoms with Crippen molar-refractivity contribution in [2.45, 2.75) is 109 Å². The largest absolute Gasteiger partial charge is 0.416 e. The van der Waals surface area contributed by atoms with E-state index >= 15 is 0 Å². The van der Waals surface area contributed by atoms with Crippen LogP contribution in [0.5, 0.6) is 0 Å². The zero-order valence-electron chi connectivity index (χ0n) is 16.6. The maximum Gasteiger partial charge on any atom is 0.248 e. The zero-order valence-corrected chi connectivity index (χ0v) is 20.1. The van der Waals surface area contributed by atoms with Crippen molar-refractivity contribution in [3.05, 3.63) is 0 Å². The van der Waals surface area contributed by atoms with Gasteiger partial charge in [-0.05, 0) is 35.6 Å². The molecule has 1 nitrogen and oxygen atoms in total. The molecule has 0 aromatic carbocycles. The Balaban J connectivity index is 3.92. The molecule has 0 spiro atoms. The summed E-state index contributed by atoms with van der Waals surface area (Å²) in [6, 6.07) is 1.03. The second-order valence-corrected chi connectivity index (χ2v) is 21.8. The molecule has 0 saturated heterocycles. The maximum absolute atomic E-state index is 6.60. The van der Waals surface area contributed by atoms with Gasteiger partial charge in [0.1, 0.15) is 0 Å². The summed E-state index contributed by atoms with van der Waals surface area (Å²) in [5.41, 5.74) is 2.06. The Kier molecular flexibility index (Phi) is 12.1. The summed E-state index contributed by atoms with van der Waals surface area (Å²) in [7, 11) is -1.65. The average Bonchev–Trinajstić information content (AvgIpc) is 2.38. The van der Waals surface area contributed by atoms with Crippen LogP contribution in [0, 0.1) is 0 Å². The molecule has 0 aliphatic rings. The van der Waals surface area contributed by atoms with E-state index in [2.05, 4.69) is 41.5 Å². The highest BCUT2D eigenvalue weighted by atomic mass is 35.7. The Bertz CT molecular complexity index is 280. The normalized spacial score (nSPS) is 13.6. The highest BCUT2D eigenvalue weighted by Crippen LogP contribution is 2.42. The molecule has 0 atom stereocenters. The Labute approximate surface area is 157 Å². The van der Waals surface area contributed by atoms with E-state index in [0.29, 0.717) is 16.6 Å². The van der Waals surface area contributed by atoms with Crippen molar-refractivity contribution >= 4 is 37.2 Å². The van der Waals surface area contributed by atoms with E-state index in [0.717, 1.165) is 12.7 Å². The number of unbranched alkanes of at least 4 members (excludes halogenated alkanes) is 5. The molecule has 140 valence electrons.